The van der Waals surface area contributed by atoms with Gasteiger partial charge in [-0.25, -0.2) is 15.0 Å². The zero-order valence-electron chi connectivity index (χ0n) is 48.7. The highest BCUT2D eigenvalue weighted by atomic mass is 16.5. The van der Waals surface area contributed by atoms with E-state index < -0.39 is 0 Å². The fourth-order valence-corrected chi connectivity index (χ4v) is 12.1. The number of fused-ring (bicyclic) bond motifs is 3. The van der Waals surface area contributed by atoms with Crippen molar-refractivity contribution in [1.29, 1.82) is 5.26 Å². The number of rotatable bonds is 18. The second kappa shape index (κ2) is 25.3. The lowest BCUT2D eigenvalue weighted by atomic mass is 10.0. The van der Waals surface area contributed by atoms with E-state index in [-0.39, 0.29) is 22.7 Å². The van der Waals surface area contributed by atoms with Crippen molar-refractivity contribution < 1.29 is 14.2 Å². The Morgan fingerprint density at radius 1 is 0.482 bits per heavy atom. The SMILES string of the molecule is CCOc1ccc(-c2ccc3c(=O)n(-c4ccccc4OCC)c(CN4CCN(CC#N)CC4)nc3c2)cc1-n1c(CN2CCNCC2)nc2ccc(-c3ccc(OCC)c(-n4c(C(C)N5CCNCC5)nc5ccccc5c4=O)c3)cc2c1=O. The third-order valence-electron chi connectivity index (χ3n) is 16.5. The third kappa shape index (κ3) is 11.6. The van der Waals surface area contributed by atoms with Crippen molar-refractivity contribution in [2.24, 2.45) is 0 Å². The van der Waals surface area contributed by atoms with Crippen LogP contribution >= 0.6 is 0 Å². The third-order valence-corrected chi connectivity index (χ3v) is 16.5. The van der Waals surface area contributed by atoms with Gasteiger partial charge in [0.1, 0.15) is 34.7 Å². The highest BCUT2D eigenvalue weighted by Crippen LogP contribution is 2.36. The van der Waals surface area contributed by atoms with E-state index in [1.807, 2.05) is 142 Å². The zero-order valence-corrected chi connectivity index (χ0v) is 48.7. The van der Waals surface area contributed by atoms with Crippen LogP contribution in [0.5, 0.6) is 17.2 Å². The molecule has 3 aromatic heterocycles. The van der Waals surface area contributed by atoms with Crippen LogP contribution < -0.4 is 41.5 Å². The van der Waals surface area contributed by atoms with Gasteiger partial charge in [0.15, 0.2) is 0 Å². The molecule has 12 rings (SSSR count). The molecular formula is C66H71N13O6. The van der Waals surface area contributed by atoms with Gasteiger partial charge < -0.3 is 24.8 Å². The lowest BCUT2D eigenvalue weighted by Gasteiger charge is -2.33. The molecular weight excluding hydrogens is 1070 g/mol. The molecule has 0 amide bonds. The maximum absolute atomic E-state index is 15.8. The van der Waals surface area contributed by atoms with Crippen molar-refractivity contribution >= 4 is 32.7 Å². The van der Waals surface area contributed by atoms with Crippen molar-refractivity contribution in [3.63, 3.8) is 0 Å². The number of hydrogen-bond donors (Lipinski definition) is 2. The molecule has 1 atom stereocenters. The van der Waals surface area contributed by atoms with E-state index in [1.165, 1.54) is 0 Å². The van der Waals surface area contributed by atoms with E-state index in [0.29, 0.717) is 137 Å². The highest BCUT2D eigenvalue weighted by Gasteiger charge is 2.28. The van der Waals surface area contributed by atoms with Gasteiger partial charge in [0.2, 0.25) is 0 Å². The van der Waals surface area contributed by atoms with Gasteiger partial charge in [0, 0.05) is 78.5 Å². The molecule has 3 aliphatic heterocycles. The van der Waals surface area contributed by atoms with Gasteiger partial charge in [-0.05, 0) is 123 Å². The minimum Gasteiger partial charge on any atom is -0.492 e. The standard InChI is InChI=1S/C66H71N13O6/c1-5-83-58-15-11-10-14-55(58)77-62(43-75-36-34-73(29-24-67)35-37-75)71-54-39-46(16-20-50(54)64(77)80)48-19-22-59(84-6-2)56(40-48)78-61(42-74-30-25-68-26-31-74)70-53-21-17-45(38-51(53)66(78)82)47-18-23-60(85-7-3)57(41-47)79-63(44(4)76-32-27-69-28-33-76)72-52-13-9-8-12-49(52)65(79)81/h8-23,38-41,44,68-69H,5-7,25-37,42-43H2,1-4H3. The average Bonchev–Trinajstić information content (AvgIpc) is 3.55. The molecule has 3 saturated heterocycles. The number of ether oxygens (including phenoxy) is 3. The summed E-state index contributed by atoms with van der Waals surface area (Å²) in [6, 6.07) is 40.2. The number of nitrogens with zero attached hydrogens (tertiary/aromatic N) is 11. The molecule has 2 N–H and O–H groups in total. The number of benzene rings is 6. The van der Waals surface area contributed by atoms with Crippen LogP contribution in [-0.2, 0) is 13.1 Å². The van der Waals surface area contributed by atoms with Gasteiger partial charge >= 0.3 is 0 Å². The maximum Gasteiger partial charge on any atom is 0.266 e. The lowest BCUT2D eigenvalue weighted by Crippen LogP contribution is -2.46. The summed E-state index contributed by atoms with van der Waals surface area (Å²) in [6.45, 7) is 19.6. The maximum atomic E-state index is 15.8. The Bertz CT molecular complexity index is 4170. The first kappa shape index (κ1) is 56.9. The Labute approximate surface area is 493 Å². The van der Waals surface area contributed by atoms with Crippen molar-refractivity contribution in [3.8, 4) is 62.6 Å². The molecule has 85 heavy (non-hydrogen) atoms. The molecule has 1 unspecified atom stereocenters. The first-order chi connectivity index (χ1) is 41.6. The molecule has 6 heterocycles. The molecule has 3 fully saturated rings. The van der Waals surface area contributed by atoms with E-state index in [9.17, 15) is 14.9 Å². The molecule has 19 heteroatoms. The van der Waals surface area contributed by atoms with Crippen molar-refractivity contribution in [3.05, 3.63) is 170 Å². The van der Waals surface area contributed by atoms with Crippen molar-refractivity contribution in [2.75, 3.05) is 105 Å². The Morgan fingerprint density at radius 3 is 1.64 bits per heavy atom. The fourth-order valence-electron chi connectivity index (χ4n) is 12.1. The van der Waals surface area contributed by atoms with Crippen molar-refractivity contribution in [2.45, 2.75) is 46.8 Å². The van der Waals surface area contributed by atoms with Gasteiger partial charge in [0.05, 0.1) is 101 Å². The quantitative estimate of drug-likeness (QED) is 0.0811. The fraction of sp³-hybridized carbons (Fsp3) is 0.348. The van der Waals surface area contributed by atoms with Crippen LogP contribution in [-0.4, -0.2) is 153 Å². The number of hydrogen-bond acceptors (Lipinski definition) is 16. The summed E-state index contributed by atoms with van der Waals surface area (Å²) < 4.78 is 23.9. The number of piperazine rings is 3. The Hall–Kier alpha value is -8.61. The van der Waals surface area contributed by atoms with Crippen molar-refractivity contribution in [1.82, 2.24) is 58.9 Å². The summed E-state index contributed by atoms with van der Waals surface area (Å²) in [5.74, 6) is 3.38. The van der Waals surface area contributed by atoms with Gasteiger partial charge in [-0.3, -0.25) is 47.7 Å². The summed E-state index contributed by atoms with van der Waals surface area (Å²) in [5.41, 5.74) is 5.82. The number of aromatic nitrogens is 6. The summed E-state index contributed by atoms with van der Waals surface area (Å²) in [7, 11) is 0. The van der Waals surface area contributed by atoms with Crippen LogP contribution in [0.15, 0.2) is 136 Å². The van der Waals surface area contributed by atoms with E-state index >= 15 is 4.79 Å². The molecule has 3 aliphatic rings. The number of nitrogens with one attached hydrogen (secondary N) is 2. The number of nitriles is 1. The minimum atomic E-state index is -0.269. The predicted octanol–water partition coefficient (Wildman–Crippen LogP) is 7.33. The smallest absolute Gasteiger partial charge is 0.266 e. The van der Waals surface area contributed by atoms with Crippen LogP contribution in [0.3, 0.4) is 0 Å². The Balaban J connectivity index is 0.987. The Morgan fingerprint density at radius 2 is 0.965 bits per heavy atom. The minimum absolute atomic E-state index is 0.193. The van der Waals surface area contributed by atoms with Crippen LogP contribution in [0, 0.1) is 11.3 Å². The van der Waals surface area contributed by atoms with Gasteiger partial charge in [-0.2, -0.15) is 5.26 Å². The molecule has 19 nitrogen and oxygen atoms in total. The molecule has 0 aliphatic carbocycles. The van der Waals surface area contributed by atoms with Crippen LogP contribution in [0.4, 0.5) is 0 Å². The summed E-state index contributed by atoms with van der Waals surface area (Å²) in [4.78, 5) is 70.5. The monoisotopic (exact) mass is 1140 g/mol. The molecule has 0 spiro atoms. The van der Waals surface area contributed by atoms with Crippen LogP contribution in [0.1, 0.15) is 51.2 Å². The van der Waals surface area contributed by atoms with E-state index in [4.69, 9.17) is 29.2 Å². The van der Waals surface area contributed by atoms with Gasteiger partial charge in [-0.1, -0.05) is 48.5 Å². The van der Waals surface area contributed by atoms with E-state index in [0.717, 1.165) is 87.7 Å². The first-order valence-electron chi connectivity index (χ1n) is 29.7. The average molecular weight is 1140 g/mol. The molecule has 9 aromatic rings. The first-order valence-corrected chi connectivity index (χ1v) is 29.7. The predicted molar refractivity (Wildman–Crippen MR) is 332 cm³/mol. The van der Waals surface area contributed by atoms with Crippen LogP contribution in [0.25, 0.3) is 72.0 Å². The molecule has 0 radical (unpaired) electrons. The Kier molecular flexibility index (Phi) is 16.9. The highest BCUT2D eigenvalue weighted by molar-refractivity contribution is 5.87. The van der Waals surface area contributed by atoms with Gasteiger partial charge in [0.25, 0.3) is 16.7 Å². The van der Waals surface area contributed by atoms with Crippen LogP contribution in [0.2, 0.25) is 0 Å². The molecule has 0 saturated carbocycles. The normalized spacial score (nSPS) is 16.0. The van der Waals surface area contributed by atoms with E-state index in [1.54, 1.807) is 13.7 Å². The topological polar surface area (TPSA) is 193 Å². The van der Waals surface area contributed by atoms with E-state index in [2.05, 4.69) is 43.2 Å². The molecule has 6 aromatic carbocycles. The van der Waals surface area contributed by atoms with Gasteiger partial charge in [-0.15, -0.1) is 0 Å². The summed E-state index contributed by atoms with van der Waals surface area (Å²) in [6.07, 6.45) is 0. The molecule has 0 bridgehead atoms. The second-order valence-corrected chi connectivity index (χ2v) is 21.8. The second-order valence-electron chi connectivity index (χ2n) is 21.8. The number of para-hydroxylation sites is 3. The summed E-state index contributed by atoms with van der Waals surface area (Å²) in [5, 5.41) is 17.6. The molecule has 436 valence electrons. The lowest BCUT2D eigenvalue weighted by molar-refractivity contribution is 0.135. The largest absolute Gasteiger partial charge is 0.492 e. The summed E-state index contributed by atoms with van der Waals surface area (Å²) >= 11 is 0. The zero-order chi connectivity index (χ0) is 58.6.